The molecule has 3 heterocycles. The Bertz CT molecular complexity index is 666. The minimum atomic E-state index is 0.114. The maximum Gasteiger partial charge on any atom is 0.264 e. The average molecular weight is 301 g/mol. The minimum Gasteiger partial charge on any atom is -0.344 e. The number of carbonyl (C=O) groups is 1. The van der Waals surface area contributed by atoms with E-state index in [2.05, 4.69) is 16.0 Å². The number of H-pyrrole nitrogens is 1. The lowest BCUT2D eigenvalue weighted by Crippen LogP contribution is -2.30. The Morgan fingerprint density at radius 2 is 2.33 bits per heavy atom. The Labute approximate surface area is 128 Å². The van der Waals surface area contributed by atoms with Gasteiger partial charge in [-0.3, -0.25) is 4.79 Å². The van der Waals surface area contributed by atoms with E-state index in [-0.39, 0.29) is 11.9 Å². The molecule has 1 unspecified atom stereocenters. The predicted octanol–water partition coefficient (Wildman–Crippen LogP) is 3.25. The van der Waals surface area contributed by atoms with E-state index in [9.17, 15) is 4.79 Å². The van der Waals surface area contributed by atoms with Crippen LogP contribution in [0.3, 0.4) is 0 Å². The van der Waals surface area contributed by atoms with Crippen molar-refractivity contribution in [2.45, 2.75) is 45.1 Å². The van der Waals surface area contributed by atoms with E-state index in [1.165, 1.54) is 16.9 Å². The number of nitrogens with one attached hydrogen (secondary N) is 1. The van der Waals surface area contributed by atoms with E-state index in [0.717, 1.165) is 48.6 Å². The summed E-state index contributed by atoms with van der Waals surface area (Å²) in [5.41, 5.74) is 2.45. The molecule has 1 saturated heterocycles. The molecule has 110 valence electrons. The highest BCUT2D eigenvalue weighted by molar-refractivity contribution is 7.14. The molecule has 5 heteroatoms. The van der Waals surface area contributed by atoms with Gasteiger partial charge in [0.15, 0.2) is 0 Å². The van der Waals surface area contributed by atoms with Gasteiger partial charge in [0, 0.05) is 23.3 Å². The number of likely N-dealkylation sites (tertiary alicyclic amines) is 1. The standard InChI is InChI=1S/C16H19N3OS/c1-10-9-17-15(18-10)12-5-3-7-19(12)16(20)14-8-11-4-2-6-13(11)21-14/h8-9,12H,2-7H2,1H3,(H,17,18). The van der Waals surface area contributed by atoms with Gasteiger partial charge < -0.3 is 9.88 Å². The molecule has 21 heavy (non-hydrogen) atoms. The van der Waals surface area contributed by atoms with Crippen LogP contribution in [0.2, 0.25) is 0 Å². The minimum absolute atomic E-state index is 0.114. The highest BCUT2D eigenvalue weighted by Crippen LogP contribution is 2.35. The monoisotopic (exact) mass is 301 g/mol. The molecule has 1 amide bonds. The first-order valence-electron chi connectivity index (χ1n) is 7.66. The fourth-order valence-corrected chi connectivity index (χ4v) is 4.68. The molecule has 1 atom stereocenters. The number of aryl methyl sites for hydroxylation is 3. The third-order valence-corrected chi connectivity index (χ3v) is 5.73. The van der Waals surface area contributed by atoms with Crippen molar-refractivity contribution >= 4 is 17.2 Å². The third kappa shape index (κ3) is 2.20. The third-order valence-electron chi connectivity index (χ3n) is 4.51. The lowest BCUT2D eigenvalue weighted by molar-refractivity contribution is 0.0735. The van der Waals surface area contributed by atoms with Crippen molar-refractivity contribution in [3.8, 4) is 0 Å². The Balaban J connectivity index is 1.60. The topological polar surface area (TPSA) is 49.0 Å². The number of hydrogen-bond acceptors (Lipinski definition) is 3. The van der Waals surface area contributed by atoms with Crippen molar-refractivity contribution in [1.29, 1.82) is 0 Å². The number of nitrogens with zero attached hydrogens (tertiary/aromatic N) is 2. The van der Waals surface area contributed by atoms with E-state index < -0.39 is 0 Å². The zero-order chi connectivity index (χ0) is 14.4. The first kappa shape index (κ1) is 13.1. The molecular formula is C16H19N3OS. The van der Waals surface area contributed by atoms with Crippen LogP contribution in [-0.4, -0.2) is 27.3 Å². The molecule has 0 bridgehead atoms. The van der Waals surface area contributed by atoms with Crippen LogP contribution in [0.1, 0.15) is 56.9 Å². The van der Waals surface area contributed by atoms with Crippen molar-refractivity contribution < 1.29 is 4.79 Å². The van der Waals surface area contributed by atoms with E-state index >= 15 is 0 Å². The number of rotatable bonds is 2. The van der Waals surface area contributed by atoms with Gasteiger partial charge in [-0.2, -0.15) is 0 Å². The predicted molar refractivity (Wildman–Crippen MR) is 82.7 cm³/mol. The van der Waals surface area contributed by atoms with E-state index in [4.69, 9.17) is 0 Å². The van der Waals surface area contributed by atoms with E-state index in [1.807, 2.05) is 18.0 Å². The van der Waals surface area contributed by atoms with Gasteiger partial charge in [0.1, 0.15) is 5.82 Å². The lowest BCUT2D eigenvalue weighted by atomic mass is 10.2. The number of carbonyl (C=O) groups excluding carboxylic acids is 1. The van der Waals surface area contributed by atoms with Crippen LogP contribution in [-0.2, 0) is 12.8 Å². The van der Waals surface area contributed by atoms with Gasteiger partial charge in [0.2, 0.25) is 0 Å². The van der Waals surface area contributed by atoms with Gasteiger partial charge in [-0.1, -0.05) is 0 Å². The van der Waals surface area contributed by atoms with Crippen LogP contribution in [0.25, 0.3) is 0 Å². The summed E-state index contributed by atoms with van der Waals surface area (Å²) >= 11 is 1.70. The molecule has 0 spiro atoms. The van der Waals surface area contributed by atoms with Gasteiger partial charge in [-0.05, 0) is 50.7 Å². The molecule has 0 aromatic carbocycles. The second kappa shape index (κ2) is 4.98. The quantitative estimate of drug-likeness (QED) is 0.925. The summed E-state index contributed by atoms with van der Waals surface area (Å²) in [6.45, 7) is 2.84. The Kier molecular flexibility index (Phi) is 3.10. The van der Waals surface area contributed by atoms with Gasteiger partial charge in [-0.25, -0.2) is 4.98 Å². The Morgan fingerprint density at radius 3 is 3.10 bits per heavy atom. The molecular weight excluding hydrogens is 282 g/mol. The van der Waals surface area contributed by atoms with Crippen LogP contribution in [0.15, 0.2) is 12.3 Å². The molecule has 2 aromatic rings. The fraction of sp³-hybridized carbons (Fsp3) is 0.500. The Morgan fingerprint density at radius 1 is 1.43 bits per heavy atom. The average Bonchev–Trinajstić information content (AvgIpc) is 3.20. The molecule has 2 aromatic heterocycles. The molecule has 0 saturated carbocycles. The van der Waals surface area contributed by atoms with Crippen molar-refractivity contribution in [2.24, 2.45) is 0 Å². The van der Waals surface area contributed by atoms with Crippen molar-refractivity contribution in [1.82, 2.24) is 14.9 Å². The summed E-state index contributed by atoms with van der Waals surface area (Å²) in [6, 6.07) is 2.24. The molecule has 1 fully saturated rings. The summed E-state index contributed by atoms with van der Waals surface area (Å²) in [5, 5.41) is 0. The molecule has 1 N–H and O–H groups in total. The summed E-state index contributed by atoms with van der Waals surface area (Å²) in [5.74, 6) is 1.12. The highest BCUT2D eigenvalue weighted by atomic mass is 32.1. The molecule has 1 aliphatic carbocycles. The lowest BCUT2D eigenvalue weighted by Gasteiger charge is -2.22. The highest BCUT2D eigenvalue weighted by Gasteiger charge is 2.33. The van der Waals surface area contributed by atoms with Gasteiger partial charge in [-0.15, -0.1) is 11.3 Å². The molecule has 4 nitrogen and oxygen atoms in total. The number of aromatic nitrogens is 2. The number of aromatic amines is 1. The Hall–Kier alpha value is -1.62. The van der Waals surface area contributed by atoms with Gasteiger partial charge in [0.25, 0.3) is 5.91 Å². The fourth-order valence-electron chi connectivity index (χ4n) is 3.47. The van der Waals surface area contributed by atoms with Crippen LogP contribution < -0.4 is 0 Å². The normalized spacial score (nSPS) is 21.0. The second-order valence-corrected chi connectivity index (χ2v) is 7.16. The maximum absolute atomic E-state index is 12.8. The van der Waals surface area contributed by atoms with Crippen LogP contribution in [0.4, 0.5) is 0 Å². The van der Waals surface area contributed by atoms with Gasteiger partial charge >= 0.3 is 0 Å². The SMILES string of the molecule is Cc1cnc(C2CCCN2C(=O)c2cc3c(s2)CCC3)[nH]1. The maximum atomic E-state index is 12.8. The molecule has 4 rings (SSSR count). The smallest absolute Gasteiger partial charge is 0.264 e. The summed E-state index contributed by atoms with van der Waals surface area (Å²) < 4.78 is 0. The number of fused-ring (bicyclic) bond motifs is 1. The molecule has 1 aliphatic heterocycles. The number of thiophene rings is 1. The zero-order valence-corrected chi connectivity index (χ0v) is 13.0. The summed E-state index contributed by atoms with van der Waals surface area (Å²) in [7, 11) is 0. The van der Waals surface area contributed by atoms with Crippen LogP contribution in [0.5, 0.6) is 0 Å². The van der Waals surface area contributed by atoms with Crippen molar-refractivity contribution in [2.75, 3.05) is 6.54 Å². The summed E-state index contributed by atoms with van der Waals surface area (Å²) in [4.78, 5) is 24.9. The zero-order valence-electron chi connectivity index (χ0n) is 12.2. The van der Waals surface area contributed by atoms with E-state index in [0.29, 0.717) is 0 Å². The number of hydrogen-bond donors (Lipinski definition) is 1. The largest absolute Gasteiger partial charge is 0.344 e. The summed E-state index contributed by atoms with van der Waals surface area (Å²) in [6.07, 6.45) is 7.43. The van der Waals surface area contributed by atoms with Gasteiger partial charge in [0.05, 0.1) is 10.9 Å². The first-order chi connectivity index (χ1) is 10.2. The van der Waals surface area contributed by atoms with Crippen molar-refractivity contribution in [3.05, 3.63) is 39.1 Å². The number of amides is 1. The first-order valence-corrected chi connectivity index (χ1v) is 8.48. The van der Waals surface area contributed by atoms with Crippen molar-refractivity contribution in [3.63, 3.8) is 0 Å². The second-order valence-electron chi connectivity index (χ2n) is 6.02. The molecule has 0 radical (unpaired) electrons. The molecule has 2 aliphatic rings. The number of imidazole rings is 1. The van der Waals surface area contributed by atoms with E-state index in [1.54, 1.807) is 11.3 Å². The van der Waals surface area contributed by atoms with Crippen LogP contribution >= 0.6 is 11.3 Å². The van der Waals surface area contributed by atoms with Crippen LogP contribution in [0, 0.1) is 6.92 Å².